The Bertz CT molecular complexity index is 791. The third-order valence-electron chi connectivity index (χ3n) is 3.25. The Balaban J connectivity index is 1.57. The molecular formula is C13H14N4O4S2. The van der Waals surface area contributed by atoms with E-state index in [2.05, 4.69) is 15.5 Å². The Kier molecular flexibility index (Phi) is 4.62. The highest BCUT2D eigenvalue weighted by molar-refractivity contribution is 7.99. The summed E-state index contributed by atoms with van der Waals surface area (Å²) in [5.41, 5.74) is 0.787. The van der Waals surface area contributed by atoms with E-state index in [1.165, 1.54) is 4.68 Å². The SMILES string of the molecule is O=C(CSc1nnnn1-c1ccccc1)O[C@@H]1CCS(=O)(=O)C1. The molecule has 23 heavy (non-hydrogen) atoms. The van der Waals surface area contributed by atoms with Gasteiger partial charge in [0, 0.05) is 0 Å². The molecule has 0 amide bonds. The Morgan fingerprint density at radius 2 is 2.13 bits per heavy atom. The summed E-state index contributed by atoms with van der Waals surface area (Å²) in [7, 11) is -3.06. The maximum atomic E-state index is 11.8. The van der Waals surface area contributed by atoms with Crippen LogP contribution in [-0.2, 0) is 19.4 Å². The molecule has 1 saturated heterocycles. The quantitative estimate of drug-likeness (QED) is 0.564. The zero-order chi connectivity index (χ0) is 16.3. The van der Waals surface area contributed by atoms with Gasteiger partial charge >= 0.3 is 5.97 Å². The average molecular weight is 354 g/mol. The standard InChI is InChI=1S/C13H14N4O4S2/c18-12(21-11-6-7-23(19,20)9-11)8-22-13-14-15-16-17(13)10-4-2-1-3-5-10/h1-5,11H,6-9H2/t11-/m1/s1. The monoisotopic (exact) mass is 354 g/mol. The lowest BCUT2D eigenvalue weighted by molar-refractivity contribution is -0.144. The van der Waals surface area contributed by atoms with E-state index in [0.29, 0.717) is 11.6 Å². The Morgan fingerprint density at radius 1 is 1.35 bits per heavy atom. The number of carbonyl (C=O) groups is 1. The number of hydrogen-bond donors (Lipinski definition) is 0. The number of ether oxygens (including phenoxy) is 1. The summed E-state index contributed by atoms with van der Waals surface area (Å²) >= 11 is 1.14. The highest BCUT2D eigenvalue weighted by Gasteiger charge is 2.30. The number of thioether (sulfide) groups is 1. The van der Waals surface area contributed by atoms with Gasteiger partial charge in [-0.3, -0.25) is 4.79 Å². The van der Waals surface area contributed by atoms with Crippen molar-refractivity contribution in [2.75, 3.05) is 17.3 Å². The second-order valence-electron chi connectivity index (χ2n) is 5.01. The van der Waals surface area contributed by atoms with Gasteiger partial charge in [0.05, 0.1) is 22.9 Å². The largest absolute Gasteiger partial charge is 0.461 e. The lowest BCUT2D eigenvalue weighted by Crippen LogP contribution is -2.20. The van der Waals surface area contributed by atoms with Gasteiger partial charge in [0.25, 0.3) is 0 Å². The number of esters is 1. The van der Waals surface area contributed by atoms with Crippen molar-refractivity contribution in [1.82, 2.24) is 20.2 Å². The number of rotatable bonds is 5. The van der Waals surface area contributed by atoms with E-state index in [1.807, 2.05) is 30.3 Å². The second-order valence-corrected chi connectivity index (χ2v) is 8.18. The fourth-order valence-electron chi connectivity index (χ4n) is 2.20. The van der Waals surface area contributed by atoms with Gasteiger partial charge in [-0.15, -0.1) is 5.10 Å². The predicted octanol–water partition coefficient (Wildman–Crippen LogP) is 0.485. The van der Waals surface area contributed by atoms with Crippen molar-refractivity contribution in [3.63, 3.8) is 0 Å². The molecule has 0 N–H and O–H groups in total. The second kappa shape index (κ2) is 6.67. The Hall–Kier alpha value is -1.94. The van der Waals surface area contributed by atoms with Gasteiger partial charge in [0.2, 0.25) is 5.16 Å². The van der Waals surface area contributed by atoms with Crippen molar-refractivity contribution in [3.05, 3.63) is 30.3 Å². The van der Waals surface area contributed by atoms with Crippen LogP contribution in [0.4, 0.5) is 0 Å². The molecule has 1 fully saturated rings. The number of sulfone groups is 1. The van der Waals surface area contributed by atoms with Gasteiger partial charge in [0.15, 0.2) is 9.84 Å². The van der Waals surface area contributed by atoms with E-state index in [-0.39, 0.29) is 17.3 Å². The first-order chi connectivity index (χ1) is 11.0. The summed E-state index contributed by atoms with van der Waals surface area (Å²) in [5, 5.41) is 11.8. The van der Waals surface area contributed by atoms with Crippen LogP contribution in [0.3, 0.4) is 0 Å². The van der Waals surface area contributed by atoms with Crippen LogP contribution in [0.1, 0.15) is 6.42 Å². The maximum absolute atomic E-state index is 11.8. The van der Waals surface area contributed by atoms with Crippen molar-refractivity contribution in [3.8, 4) is 5.69 Å². The molecule has 2 heterocycles. The van der Waals surface area contributed by atoms with Crippen LogP contribution in [0.5, 0.6) is 0 Å². The molecule has 0 spiro atoms. The van der Waals surface area contributed by atoms with Crippen LogP contribution in [0.25, 0.3) is 5.69 Å². The van der Waals surface area contributed by atoms with Crippen LogP contribution in [-0.4, -0.2) is 58.0 Å². The lowest BCUT2D eigenvalue weighted by atomic mass is 10.3. The summed E-state index contributed by atoms with van der Waals surface area (Å²) in [4.78, 5) is 11.8. The Labute approximate surface area is 137 Å². The summed E-state index contributed by atoms with van der Waals surface area (Å²) < 4.78 is 29.4. The molecule has 1 aromatic heterocycles. The van der Waals surface area contributed by atoms with Crippen molar-refractivity contribution >= 4 is 27.6 Å². The minimum atomic E-state index is -3.06. The fourth-order valence-corrected chi connectivity index (χ4v) is 4.46. The minimum absolute atomic E-state index is 0.0176. The zero-order valence-corrected chi connectivity index (χ0v) is 13.7. The molecule has 1 aliphatic heterocycles. The third kappa shape index (κ3) is 4.08. The Morgan fingerprint density at radius 3 is 2.83 bits per heavy atom. The van der Waals surface area contributed by atoms with Gasteiger partial charge in [-0.25, -0.2) is 8.42 Å². The van der Waals surface area contributed by atoms with E-state index in [4.69, 9.17) is 4.74 Å². The van der Waals surface area contributed by atoms with E-state index < -0.39 is 21.9 Å². The van der Waals surface area contributed by atoms with Crippen molar-refractivity contribution in [1.29, 1.82) is 0 Å². The molecule has 1 aliphatic rings. The smallest absolute Gasteiger partial charge is 0.316 e. The summed E-state index contributed by atoms with van der Waals surface area (Å²) in [6.45, 7) is 0. The molecule has 1 atom stereocenters. The van der Waals surface area contributed by atoms with Crippen molar-refractivity contribution in [2.24, 2.45) is 0 Å². The molecule has 2 aromatic rings. The third-order valence-corrected chi connectivity index (χ3v) is 5.88. The first-order valence-corrected chi connectivity index (χ1v) is 9.71. The molecule has 0 unspecified atom stereocenters. The molecule has 8 nitrogen and oxygen atoms in total. The molecular weight excluding hydrogens is 340 g/mol. The van der Waals surface area contributed by atoms with Gasteiger partial charge in [-0.05, 0) is 29.0 Å². The predicted molar refractivity (Wildman–Crippen MR) is 83.0 cm³/mol. The fraction of sp³-hybridized carbons (Fsp3) is 0.385. The number of benzene rings is 1. The van der Waals surface area contributed by atoms with Gasteiger partial charge in [-0.1, -0.05) is 30.0 Å². The first kappa shape index (κ1) is 15.9. The van der Waals surface area contributed by atoms with Crippen LogP contribution in [0.15, 0.2) is 35.5 Å². The highest BCUT2D eigenvalue weighted by Crippen LogP contribution is 2.20. The van der Waals surface area contributed by atoms with Crippen LogP contribution in [0.2, 0.25) is 0 Å². The van der Waals surface area contributed by atoms with Crippen LogP contribution >= 0.6 is 11.8 Å². The van der Waals surface area contributed by atoms with E-state index in [0.717, 1.165) is 17.4 Å². The number of tetrazole rings is 1. The number of hydrogen-bond acceptors (Lipinski definition) is 8. The van der Waals surface area contributed by atoms with Gasteiger partial charge in [-0.2, -0.15) is 4.68 Å². The van der Waals surface area contributed by atoms with E-state index >= 15 is 0 Å². The van der Waals surface area contributed by atoms with Crippen molar-refractivity contribution < 1.29 is 17.9 Å². The van der Waals surface area contributed by atoms with Crippen LogP contribution < -0.4 is 0 Å². The number of aromatic nitrogens is 4. The summed E-state index contributed by atoms with van der Waals surface area (Å²) in [6, 6.07) is 9.30. The molecule has 122 valence electrons. The number of carbonyl (C=O) groups excluding carboxylic acids is 1. The first-order valence-electron chi connectivity index (χ1n) is 6.90. The average Bonchev–Trinajstić information content (AvgIpc) is 3.12. The van der Waals surface area contributed by atoms with Crippen LogP contribution in [0, 0.1) is 0 Å². The van der Waals surface area contributed by atoms with Gasteiger partial charge < -0.3 is 4.74 Å². The van der Waals surface area contributed by atoms with Gasteiger partial charge in [0.1, 0.15) is 6.10 Å². The minimum Gasteiger partial charge on any atom is -0.461 e. The highest BCUT2D eigenvalue weighted by atomic mass is 32.2. The number of para-hydroxylation sites is 1. The normalized spacial score (nSPS) is 19.6. The maximum Gasteiger partial charge on any atom is 0.316 e. The topological polar surface area (TPSA) is 104 Å². The molecule has 0 radical (unpaired) electrons. The molecule has 0 saturated carbocycles. The summed E-state index contributed by atoms with van der Waals surface area (Å²) in [5.74, 6) is -0.473. The molecule has 0 bridgehead atoms. The number of nitrogens with zero attached hydrogens (tertiary/aromatic N) is 4. The van der Waals surface area contributed by atoms with E-state index in [9.17, 15) is 13.2 Å². The molecule has 3 rings (SSSR count). The summed E-state index contributed by atoms with van der Waals surface area (Å²) in [6.07, 6.45) is -0.182. The van der Waals surface area contributed by atoms with E-state index in [1.54, 1.807) is 0 Å². The molecule has 0 aliphatic carbocycles. The zero-order valence-electron chi connectivity index (χ0n) is 12.0. The molecule has 1 aromatic carbocycles. The van der Waals surface area contributed by atoms with Crippen molar-refractivity contribution in [2.45, 2.75) is 17.7 Å². The molecule has 10 heteroatoms. The lowest BCUT2D eigenvalue weighted by Gasteiger charge is -2.09.